The van der Waals surface area contributed by atoms with Crippen molar-refractivity contribution in [2.75, 3.05) is 19.8 Å². The molecule has 8 heteroatoms. The van der Waals surface area contributed by atoms with E-state index in [0.29, 0.717) is 35.6 Å². The number of Topliss-reactive ketones (excluding diaryl/α,β-unsaturated/α-hetero) is 1. The van der Waals surface area contributed by atoms with Gasteiger partial charge in [-0.05, 0) is 80.5 Å². The smallest absolute Gasteiger partial charge is 0.186 e. The second kappa shape index (κ2) is 9.93. The van der Waals surface area contributed by atoms with Gasteiger partial charge < -0.3 is 34.6 Å². The largest absolute Gasteiger partial charge is 0.394 e. The highest BCUT2D eigenvalue weighted by Crippen LogP contribution is 2.65. The number of aliphatic hydroxyl groups is 4. The predicted molar refractivity (Wildman–Crippen MR) is 126 cm³/mol. The number of ether oxygens (including phenoxy) is 3. The molecule has 5 fully saturated rings. The molecule has 12 atom stereocenters. The number of ketones is 1. The maximum absolute atomic E-state index is 12.6. The average molecular weight is 497 g/mol. The van der Waals surface area contributed by atoms with E-state index in [4.69, 9.17) is 14.2 Å². The molecule has 8 nitrogen and oxygen atoms in total. The van der Waals surface area contributed by atoms with Gasteiger partial charge in [0.2, 0.25) is 0 Å². The zero-order valence-electron chi connectivity index (χ0n) is 21.2. The number of hydrogen-bond donors (Lipinski definition) is 4. The second-order valence-electron chi connectivity index (χ2n) is 12.4. The number of fused-ring (bicyclic) bond motifs is 5. The molecule has 1 heterocycles. The Hall–Kier alpha value is -0.610. The molecule has 0 aromatic rings. The van der Waals surface area contributed by atoms with Crippen LogP contribution < -0.4 is 0 Å². The highest BCUT2D eigenvalue weighted by atomic mass is 16.7. The van der Waals surface area contributed by atoms with Crippen molar-refractivity contribution in [3.63, 3.8) is 0 Å². The third kappa shape index (κ3) is 4.41. The Morgan fingerprint density at radius 3 is 2.46 bits per heavy atom. The van der Waals surface area contributed by atoms with Gasteiger partial charge in [0.05, 0.1) is 25.9 Å². The first kappa shape index (κ1) is 26.0. The molecule has 0 radical (unpaired) electrons. The molecule has 0 aromatic heterocycles. The van der Waals surface area contributed by atoms with Crippen molar-refractivity contribution in [3.05, 3.63) is 0 Å². The summed E-state index contributed by atoms with van der Waals surface area (Å²) in [5, 5.41) is 39.2. The fraction of sp³-hybridized carbons (Fsp3) is 0.963. The lowest BCUT2D eigenvalue weighted by Gasteiger charge is -2.60. The van der Waals surface area contributed by atoms with Crippen molar-refractivity contribution in [1.29, 1.82) is 0 Å². The molecule has 5 rings (SSSR count). The zero-order valence-corrected chi connectivity index (χ0v) is 21.2. The number of aliphatic hydroxyl groups excluding tert-OH is 4. The summed E-state index contributed by atoms with van der Waals surface area (Å²) in [7, 11) is 0. The summed E-state index contributed by atoms with van der Waals surface area (Å²) in [6.45, 7) is 4.83. The van der Waals surface area contributed by atoms with Crippen LogP contribution in [0.15, 0.2) is 0 Å². The van der Waals surface area contributed by atoms with Crippen LogP contribution in [0.3, 0.4) is 0 Å². The Morgan fingerprint density at radius 2 is 1.69 bits per heavy atom. The fourth-order valence-electron chi connectivity index (χ4n) is 8.73. The van der Waals surface area contributed by atoms with E-state index in [1.165, 1.54) is 19.3 Å². The van der Waals surface area contributed by atoms with Gasteiger partial charge in [0.25, 0.3) is 0 Å². The Labute approximate surface area is 208 Å². The number of rotatable bonds is 6. The molecule has 0 unspecified atom stereocenters. The van der Waals surface area contributed by atoms with Gasteiger partial charge in [-0.15, -0.1) is 0 Å². The van der Waals surface area contributed by atoms with Gasteiger partial charge in [0.1, 0.15) is 30.2 Å². The molecule has 0 amide bonds. The molecule has 4 N–H and O–H groups in total. The predicted octanol–water partition coefficient (Wildman–Crippen LogP) is 1.80. The third-order valence-electron chi connectivity index (χ3n) is 10.9. The van der Waals surface area contributed by atoms with Crippen molar-refractivity contribution >= 4 is 5.78 Å². The van der Waals surface area contributed by atoms with Crippen LogP contribution in [0.25, 0.3) is 0 Å². The summed E-state index contributed by atoms with van der Waals surface area (Å²) >= 11 is 0. The van der Waals surface area contributed by atoms with Gasteiger partial charge in [-0.25, -0.2) is 0 Å². The molecule has 1 aliphatic heterocycles. The van der Waals surface area contributed by atoms with Gasteiger partial charge in [-0.1, -0.05) is 13.8 Å². The van der Waals surface area contributed by atoms with E-state index in [1.807, 2.05) is 0 Å². The summed E-state index contributed by atoms with van der Waals surface area (Å²) in [5.74, 6) is 3.17. The molecular formula is C27H44O8. The Balaban J connectivity index is 1.11. The molecule has 35 heavy (non-hydrogen) atoms. The highest BCUT2D eigenvalue weighted by molar-refractivity contribution is 5.87. The van der Waals surface area contributed by atoms with Crippen molar-refractivity contribution in [3.8, 4) is 0 Å². The number of carbonyl (C=O) groups is 1. The molecule has 200 valence electrons. The topological polar surface area (TPSA) is 126 Å². The molecule has 4 aliphatic carbocycles. The van der Waals surface area contributed by atoms with Crippen LogP contribution in [0, 0.1) is 34.5 Å². The summed E-state index contributed by atoms with van der Waals surface area (Å²) in [5.41, 5.74) is 0.272. The molecular weight excluding hydrogens is 452 g/mol. The molecule has 4 saturated carbocycles. The molecule has 0 spiro atoms. The summed E-state index contributed by atoms with van der Waals surface area (Å²) in [6.07, 6.45) is 3.74. The standard InChI is InChI=1S/C27H44O8/c1-26-9-7-16(33-11-12-34-25-24(32)23(31)22(30)20(14-28)35-25)13-15(26)3-4-17-18-5-6-21(29)27(18,2)10-8-19(17)26/h15-20,22-25,28,30-32H,3-14H2,1-2H3/t15-,16-,17-,18-,19-,20+,22+,23-,24+,25-,26-,27-/m0/s1. The molecule has 5 aliphatic rings. The molecule has 1 saturated heterocycles. The monoisotopic (exact) mass is 496 g/mol. The normalized spacial score (nSPS) is 52.0. The van der Waals surface area contributed by atoms with Crippen LogP contribution in [0.4, 0.5) is 0 Å². The lowest BCUT2D eigenvalue weighted by Crippen LogP contribution is -2.59. The van der Waals surface area contributed by atoms with E-state index >= 15 is 0 Å². The van der Waals surface area contributed by atoms with Gasteiger partial charge >= 0.3 is 0 Å². The van der Waals surface area contributed by atoms with E-state index in [1.54, 1.807) is 0 Å². The minimum Gasteiger partial charge on any atom is -0.394 e. The lowest BCUT2D eigenvalue weighted by atomic mass is 9.45. The van der Waals surface area contributed by atoms with Gasteiger partial charge in [-0.2, -0.15) is 0 Å². The maximum atomic E-state index is 12.6. The molecule has 0 bridgehead atoms. The fourth-order valence-corrected chi connectivity index (χ4v) is 8.73. The SMILES string of the molecule is C[C@]12CC[C@H](OCCO[C@H]3O[C@H](CO)[C@@H](O)[C@H](O)[C@H]3O)C[C@@H]1CC[C@@H]1[C@@H]2CC[C@]2(C)C(=O)CC[C@@H]12. The first-order valence-corrected chi connectivity index (χ1v) is 13.8. The van der Waals surface area contributed by atoms with Crippen LogP contribution in [-0.2, 0) is 19.0 Å². The quantitative estimate of drug-likeness (QED) is 0.410. The zero-order chi connectivity index (χ0) is 25.0. The Bertz CT molecular complexity index is 774. The van der Waals surface area contributed by atoms with Gasteiger partial charge in [0.15, 0.2) is 6.29 Å². The number of carbonyl (C=O) groups excluding carboxylic acids is 1. The van der Waals surface area contributed by atoms with Crippen LogP contribution in [0.5, 0.6) is 0 Å². The molecule has 0 aromatic carbocycles. The Morgan fingerprint density at radius 1 is 0.914 bits per heavy atom. The minimum atomic E-state index is -1.43. The van der Waals surface area contributed by atoms with Crippen molar-refractivity contribution in [2.45, 2.75) is 108 Å². The van der Waals surface area contributed by atoms with E-state index in [2.05, 4.69) is 13.8 Å². The number of hydrogen-bond acceptors (Lipinski definition) is 8. The van der Waals surface area contributed by atoms with E-state index < -0.39 is 37.3 Å². The third-order valence-corrected chi connectivity index (χ3v) is 10.9. The Kier molecular flexibility index (Phi) is 7.38. The van der Waals surface area contributed by atoms with Crippen LogP contribution >= 0.6 is 0 Å². The average Bonchev–Trinajstić information content (AvgIpc) is 3.16. The summed E-state index contributed by atoms with van der Waals surface area (Å²) < 4.78 is 17.1. The van der Waals surface area contributed by atoms with Crippen LogP contribution in [0.1, 0.15) is 71.6 Å². The van der Waals surface area contributed by atoms with Crippen molar-refractivity contribution in [2.24, 2.45) is 34.5 Å². The highest BCUT2D eigenvalue weighted by Gasteiger charge is 2.60. The first-order chi connectivity index (χ1) is 16.7. The van der Waals surface area contributed by atoms with Crippen molar-refractivity contribution < 1.29 is 39.4 Å². The summed E-state index contributed by atoms with van der Waals surface area (Å²) in [4.78, 5) is 12.6. The second-order valence-corrected chi connectivity index (χ2v) is 12.4. The maximum Gasteiger partial charge on any atom is 0.186 e. The van der Waals surface area contributed by atoms with E-state index in [0.717, 1.165) is 44.4 Å². The van der Waals surface area contributed by atoms with Crippen molar-refractivity contribution in [1.82, 2.24) is 0 Å². The van der Waals surface area contributed by atoms with E-state index in [9.17, 15) is 25.2 Å². The van der Waals surface area contributed by atoms with E-state index in [-0.39, 0.29) is 18.1 Å². The van der Waals surface area contributed by atoms with Crippen LogP contribution in [0.2, 0.25) is 0 Å². The first-order valence-electron chi connectivity index (χ1n) is 13.8. The van der Waals surface area contributed by atoms with Gasteiger partial charge in [0, 0.05) is 11.8 Å². The van der Waals surface area contributed by atoms with Crippen LogP contribution in [-0.4, -0.2) is 82.8 Å². The van der Waals surface area contributed by atoms with Gasteiger partial charge in [-0.3, -0.25) is 4.79 Å². The lowest BCUT2D eigenvalue weighted by molar-refractivity contribution is -0.303. The minimum absolute atomic E-state index is 0.0639. The summed E-state index contributed by atoms with van der Waals surface area (Å²) in [6, 6.07) is 0.